The number of aromatic nitrogens is 1. The number of rotatable bonds is 2. The summed E-state index contributed by atoms with van der Waals surface area (Å²) in [6.07, 6.45) is 0. The molecule has 19 heavy (non-hydrogen) atoms. The van der Waals surface area contributed by atoms with Gasteiger partial charge in [0, 0.05) is 28.7 Å². The number of nitro groups is 1. The second-order valence-corrected chi connectivity index (χ2v) is 4.58. The van der Waals surface area contributed by atoms with Gasteiger partial charge in [0.2, 0.25) is 0 Å². The van der Waals surface area contributed by atoms with Gasteiger partial charge in [0.05, 0.1) is 4.92 Å². The van der Waals surface area contributed by atoms with Crippen molar-refractivity contribution in [2.24, 2.45) is 0 Å². The molecule has 0 aliphatic rings. The van der Waals surface area contributed by atoms with E-state index >= 15 is 0 Å². The summed E-state index contributed by atoms with van der Waals surface area (Å²) in [5.41, 5.74) is 4.30. The van der Waals surface area contributed by atoms with Crippen molar-refractivity contribution >= 4 is 16.6 Å². The minimum absolute atomic E-state index is 0.107. The monoisotopic (exact) mass is 252 g/mol. The van der Waals surface area contributed by atoms with Crippen LogP contribution in [-0.4, -0.2) is 9.91 Å². The smallest absolute Gasteiger partial charge is 0.269 e. The first-order valence-corrected chi connectivity index (χ1v) is 5.98. The number of hydrogen-bond acceptors (Lipinski definition) is 2. The molecule has 0 amide bonds. The molecule has 0 aliphatic heterocycles. The van der Waals surface area contributed by atoms with Crippen LogP contribution in [0.1, 0.15) is 5.56 Å². The number of nitrogens with zero attached hydrogens (tertiary/aromatic N) is 1. The first-order chi connectivity index (χ1) is 9.13. The topological polar surface area (TPSA) is 58.9 Å². The van der Waals surface area contributed by atoms with Crippen LogP contribution in [0.15, 0.2) is 48.5 Å². The molecular formula is C15H12N2O2. The second kappa shape index (κ2) is 4.24. The third-order valence-electron chi connectivity index (χ3n) is 3.17. The Morgan fingerprint density at radius 2 is 1.79 bits per heavy atom. The van der Waals surface area contributed by atoms with Gasteiger partial charge in [-0.1, -0.05) is 11.6 Å². The summed E-state index contributed by atoms with van der Waals surface area (Å²) in [7, 11) is 0. The van der Waals surface area contributed by atoms with Gasteiger partial charge in [-0.25, -0.2) is 0 Å². The molecule has 1 N–H and O–H groups in total. The van der Waals surface area contributed by atoms with E-state index in [1.165, 1.54) is 17.7 Å². The van der Waals surface area contributed by atoms with Crippen LogP contribution >= 0.6 is 0 Å². The number of fused-ring (bicyclic) bond motifs is 1. The predicted molar refractivity (Wildman–Crippen MR) is 75.1 cm³/mol. The summed E-state index contributed by atoms with van der Waals surface area (Å²) >= 11 is 0. The highest BCUT2D eigenvalue weighted by atomic mass is 16.6. The zero-order valence-electron chi connectivity index (χ0n) is 10.4. The highest BCUT2D eigenvalue weighted by Crippen LogP contribution is 2.26. The average molecular weight is 252 g/mol. The van der Waals surface area contributed by atoms with Crippen LogP contribution < -0.4 is 0 Å². The molecule has 4 nitrogen and oxygen atoms in total. The van der Waals surface area contributed by atoms with Crippen molar-refractivity contribution in [2.45, 2.75) is 6.92 Å². The molecule has 0 atom stereocenters. The lowest BCUT2D eigenvalue weighted by Crippen LogP contribution is -1.87. The fourth-order valence-electron chi connectivity index (χ4n) is 2.17. The minimum atomic E-state index is -0.391. The van der Waals surface area contributed by atoms with Crippen LogP contribution in [0.25, 0.3) is 22.2 Å². The lowest BCUT2D eigenvalue weighted by molar-refractivity contribution is -0.384. The van der Waals surface area contributed by atoms with E-state index in [4.69, 9.17) is 0 Å². The summed E-state index contributed by atoms with van der Waals surface area (Å²) in [6.45, 7) is 2.05. The van der Waals surface area contributed by atoms with Gasteiger partial charge < -0.3 is 4.98 Å². The average Bonchev–Trinajstić information content (AvgIpc) is 2.81. The maximum atomic E-state index is 10.6. The van der Waals surface area contributed by atoms with Crippen molar-refractivity contribution in [2.75, 3.05) is 0 Å². The van der Waals surface area contributed by atoms with Crippen molar-refractivity contribution in [3.05, 3.63) is 64.2 Å². The van der Waals surface area contributed by atoms with Gasteiger partial charge in [0.15, 0.2) is 0 Å². The maximum absolute atomic E-state index is 10.6. The van der Waals surface area contributed by atoms with Gasteiger partial charge in [0.1, 0.15) is 0 Å². The number of benzene rings is 2. The van der Waals surface area contributed by atoms with Crippen LogP contribution in [0.3, 0.4) is 0 Å². The van der Waals surface area contributed by atoms with Crippen molar-refractivity contribution in [1.82, 2.24) is 4.98 Å². The van der Waals surface area contributed by atoms with Crippen LogP contribution in [-0.2, 0) is 0 Å². The number of nitrogens with one attached hydrogen (secondary N) is 1. The lowest BCUT2D eigenvalue weighted by atomic mass is 10.1. The predicted octanol–water partition coefficient (Wildman–Crippen LogP) is 4.05. The van der Waals surface area contributed by atoms with Crippen LogP contribution in [0, 0.1) is 17.0 Å². The quantitative estimate of drug-likeness (QED) is 0.552. The van der Waals surface area contributed by atoms with E-state index in [9.17, 15) is 10.1 Å². The van der Waals surface area contributed by atoms with E-state index in [0.29, 0.717) is 0 Å². The van der Waals surface area contributed by atoms with Gasteiger partial charge in [0.25, 0.3) is 5.69 Å². The van der Waals surface area contributed by atoms with Crippen molar-refractivity contribution in [3.8, 4) is 11.3 Å². The largest absolute Gasteiger partial charge is 0.355 e. The van der Waals surface area contributed by atoms with Gasteiger partial charge in [-0.3, -0.25) is 10.1 Å². The summed E-state index contributed by atoms with van der Waals surface area (Å²) in [5.74, 6) is 0. The lowest BCUT2D eigenvalue weighted by Gasteiger charge is -1.97. The number of hydrogen-bond donors (Lipinski definition) is 1. The molecule has 2 aromatic carbocycles. The molecule has 1 aromatic heterocycles. The molecule has 0 aliphatic carbocycles. The summed E-state index contributed by atoms with van der Waals surface area (Å²) in [5, 5.41) is 11.8. The molecule has 0 spiro atoms. The molecule has 94 valence electrons. The molecule has 0 saturated heterocycles. The van der Waals surface area contributed by atoms with Crippen LogP contribution in [0.5, 0.6) is 0 Å². The Morgan fingerprint density at radius 1 is 1.05 bits per heavy atom. The number of aromatic amines is 1. The Labute approximate surface area is 109 Å². The molecule has 4 heteroatoms. The van der Waals surface area contributed by atoms with Crippen molar-refractivity contribution < 1.29 is 4.92 Å². The molecule has 3 rings (SSSR count). The molecule has 0 unspecified atom stereocenters. The molecule has 3 aromatic rings. The second-order valence-electron chi connectivity index (χ2n) is 4.58. The zero-order valence-corrected chi connectivity index (χ0v) is 10.4. The van der Waals surface area contributed by atoms with Gasteiger partial charge in [-0.2, -0.15) is 0 Å². The van der Waals surface area contributed by atoms with E-state index in [0.717, 1.165) is 22.2 Å². The summed E-state index contributed by atoms with van der Waals surface area (Å²) < 4.78 is 0. The third kappa shape index (κ3) is 2.08. The van der Waals surface area contributed by atoms with Gasteiger partial charge in [-0.05, 0) is 42.8 Å². The van der Waals surface area contributed by atoms with Crippen LogP contribution in [0.4, 0.5) is 5.69 Å². The highest BCUT2D eigenvalue weighted by molar-refractivity contribution is 5.86. The standard InChI is InChI=1S/C15H12N2O2/c1-10-2-7-14-12(8-10)9-15(16-14)11-3-5-13(6-4-11)17(18)19/h2-9,16H,1H3. The van der Waals surface area contributed by atoms with E-state index in [-0.39, 0.29) is 5.69 Å². The highest BCUT2D eigenvalue weighted by Gasteiger charge is 2.07. The van der Waals surface area contributed by atoms with E-state index in [1.807, 2.05) is 6.07 Å². The summed E-state index contributed by atoms with van der Waals surface area (Å²) in [4.78, 5) is 13.6. The molecule has 0 radical (unpaired) electrons. The molecular weight excluding hydrogens is 240 g/mol. The molecule has 1 heterocycles. The zero-order chi connectivity index (χ0) is 13.4. The van der Waals surface area contributed by atoms with Crippen molar-refractivity contribution in [1.29, 1.82) is 0 Å². The van der Waals surface area contributed by atoms with E-state index in [1.54, 1.807) is 12.1 Å². The fraction of sp³-hybridized carbons (Fsp3) is 0.0667. The maximum Gasteiger partial charge on any atom is 0.269 e. The van der Waals surface area contributed by atoms with Gasteiger partial charge >= 0.3 is 0 Å². The first-order valence-electron chi connectivity index (χ1n) is 5.98. The normalized spacial score (nSPS) is 10.8. The Morgan fingerprint density at radius 3 is 2.47 bits per heavy atom. The summed E-state index contributed by atoms with van der Waals surface area (Å²) in [6, 6.07) is 14.8. The van der Waals surface area contributed by atoms with Crippen LogP contribution in [0.2, 0.25) is 0 Å². The SMILES string of the molecule is Cc1ccc2[nH]c(-c3ccc([N+](=O)[O-])cc3)cc2c1. The minimum Gasteiger partial charge on any atom is -0.355 e. The van der Waals surface area contributed by atoms with E-state index < -0.39 is 4.92 Å². The molecule has 0 fully saturated rings. The number of nitro benzene ring substituents is 1. The Bertz CT molecular complexity index is 757. The van der Waals surface area contributed by atoms with Gasteiger partial charge in [-0.15, -0.1) is 0 Å². The number of non-ortho nitro benzene ring substituents is 1. The molecule has 0 bridgehead atoms. The Hall–Kier alpha value is -2.62. The molecule has 0 saturated carbocycles. The Kier molecular flexibility index (Phi) is 2.56. The number of H-pyrrole nitrogens is 1. The number of aryl methyl sites for hydroxylation is 1. The first kappa shape index (κ1) is 11.5. The van der Waals surface area contributed by atoms with Crippen molar-refractivity contribution in [3.63, 3.8) is 0 Å². The Balaban J connectivity index is 2.06. The third-order valence-corrected chi connectivity index (χ3v) is 3.17. The van der Waals surface area contributed by atoms with E-state index in [2.05, 4.69) is 30.1 Å². The fourth-order valence-corrected chi connectivity index (χ4v) is 2.17.